The van der Waals surface area contributed by atoms with Gasteiger partial charge < -0.3 is 0 Å². The van der Waals surface area contributed by atoms with E-state index >= 15 is 0 Å². The third kappa shape index (κ3) is 3.69. The fourth-order valence-corrected chi connectivity index (χ4v) is 2.74. The van der Waals surface area contributed by atoms with Crippen LogP contribution in [0.15, 0.2) is 45.9 Å². The van der Waals surface area contributed by atoms with Crippen LogP contribution in [0.1, 0.15) is 16.8 Å². The summed E-state index contributed by atoms with van der Waals surface area (Å²) in [5.74, 6) is 0. The molecule has 1 aromatic heterocycles. The predicted molar refractivity (Wildman–Crippen MR) is 83.8 cm³/mol. The maximum absolute atomic E-state index is 8.85. The zero-order chi connectivity index (χ0) is 13.7. The number of hydrogen-bond acceptors (Lipinski definition) is 3. The fourth-order valence-electron chi connectivity index (χ4n) is 1.61. The average molecular weight is 331 g/mol. The monoisotopic (exact) mass is 330 g/mol. The van der Waals surface area contributed by atoms with E-state index in [1.165, 1.54) is 4.90 Å². The molecule has 0 spiro atoms. The van der Waals surface area contributed by atoms with Gasteiger partial charge in [0.05, 0.1) is 17.3 Å². The molecule has 0 N–H and O–H groups in total. The fraction of sp³-hybridized carbons (Fsp3) is 0.0667. The van der Waals surface area contributed by atoms with Gasteiger partial charge >= 0.3 is 0 Å². The van der Waals surface area contributed by atoms with Crippen molar-refractivity contribution in [3.05, 3.63) is 57.8 Å². The standard InChI is InChI=1S/C15H11BrN2S/c1-19-15-9-13(16)4-2-12(15)3-5-14-8-11(10-17)6-7-18-14/h2-9H,1H3. The molecule has 2 rings (SSSR count). The lowest BCUT2D eigenvalue weighted by Gasteiger charge is -2.03. The molecule has 0 radical (unpaired) electrons. The number of benzene rings is 1. The van der Waals surface area contributed by atoms with E-state index in [2.05, 4.69) is 39.1 Å². The number of thioether (sulfide) groups is 1. The minimum absolute atomic E-state index is 0.621. The Kier molecular flexibility index (Phi) is 4.78. The molecule has 0 unspecified atom stereocenters. The Bertz CT molecular complexity index is 659. The van der Waals surface area contributed by atoms with Crippen LogP contribution in [-0.4, -0.2) is 11.2 Å². The molecule has 2 aromatic rings. The smallest absolute Gasteiger partial charge is 0.0992 e. The van der Waals surface area contributed by atoms with Gasteiger partial charge in [-0.25, -0.2) is 0 Å². The van der Waals surface area contributed by atoms with Crippen molar-refractivity contribution >= 4 is 39.8 Å². The summed E-state index contributed by atoms with van der Waals surface area (Å²) >= 11 is 5.16. The van der Waals surface area contributed by atoms with Crippen molar-refractivity contribution in [2.75, 3.05) is 6.26 Å². The topological polar surface area (TPSA) is 36.7 Å². The number of hydrogen-bond donors (Lipinski definition) is 0. The number of halogens is 1. The molecule has 0 fully saturated rings. The van der Waals surface area contributed by atoms with E-state index in [0.717, 1.165) is 15.7 Å². The van der Waals surface area contributed by atoms with Crippen molar-refractivity contribution in [1.29, 1.82) is 5.26 Å². The Labute approximate surface area is 125 Å². The van der Waals surface area contributed by atoms with Crippen LogP contribution >= 0.6 is 27.7 Å². The Hall–Kier alpha value is -1.57. The Balaban J connectivity index is 2.30. The molecular weight excluding hydrogens is 320 g/mol. The molecule has 19 heavy (non-hydrogen) atoms. The van der Waals surface area contributed by atoms with Gasteiger partial charge in [-0.15, -0.1) is 11.8 Å². The lowest BCUT2D eigenvalue weighted by molar-refractivity contribution is 1.28. The summed E-state index contributed by atoms with van der Waals surface area (Å²) in [6, 6.07) is 11.7. The third-order valence-electron chi connectivity index (χ3n) is 2.54. The van der Waals surface area contributed by atoms with E-state index in [4.69, 9.17) is 5.26 Å². The molecule has 0 saturated heterocycles. The Morgan fingerprint density at radius 1 is 1.26 bits per heavy atom. The molecule has 1 aromatic carbocycles. The van der Waals surface area contributed by atoms with Crippen LogP contribution in [0.3, 0.4) is 0 Å². The van der Waals surface area contributed by atoms with Crippen molar-refractivity contribution in [2.45, 2.75) is 4.90 Å². The summed E-state index contributed by atoms with van der Waals surface area (Å²) in [4.78, 5) is 5.42. The van der Waals surface area contributed by atoms with E-state index in [9.17, 15) is 0 Å². The van der Waals surface area contributed by atoms with Crippen LogP contribution in [0.2, 0.25) is 0 Å². The lowest BCUT2D eigenvalue weighted by atomic mass is 10.2. The minimum atomic E-state index is 0.621. The molecular formula is C15H11BrN2S. The highest BCUT2D eigenvalue weighted by Crippen LogP contribution is 2.26. The first kappa shape index (κ1) is 13.9. The van der Waals surface area contributed by atoms with Crippen LogP contribution in [0.4, 0.5) is 0 Å². The summed E-state index contributed by atoms with van der Waals surface area (Å²) in [5.41, 5.74) is 2.55. The highest BCUT2D eigenvalue weighted by molar-refractivity contribution is 9.10. The highest BCUT2D eigenvalue weighted by Gasteiger charge is 1.99. The van der Waals surface area contributed by atoms with E-state index in [1.807, 2.05) is 24.5 Å². The largest absolute Gasteiger partial charge is 0.257 e. The average Bonchev–Trinajstić information content (AvgIpc) is 2.46. The first-order valence-electron chi connectivity index (χ1n) is 5.60. The summed E-state index contributed by atoms with van der Waals surface area (Å²) < 4.78 is 1.07. The number of nitriles is 1. The van der Waals surface area contributed by atoms with Crippen LogP contribution in [0, 0.1) is 11.3 Å². The van der Waals surface area contributed by atoms with Crippen molar-refractivity contribution in [3.8, 4) is 6.07 Å². The number of rotatable bonds is 3. The molecule has 94 valence electrons. The summed E-state index contributed by atoms with van der Waals surface area (Å²) in [5, 5.41) is 8.85. The molecule has 0 aliphatic rings. The van der Waals surface area contributed by atoms with Gasteiger partial charge in [0, 0.05) is 15.6 Å². The normalized spacial score (nSPS) is 10.6. The molecule has 4 heteroatoms. The summed E-state index contributed by atoms with van der Waals surface area (Å²) in [6.07, 6.45) is 7.63. The van der Waals surface area contributed by atoms with Crippen LogP contribution in [0.5, 0.6) is 0 Å². The third-order valence-corrected chi connectivity index (χ3v) is 3.83. The highest BCUT2D eigenvalue weighted by atomic mass is 79.9. The van der Waals surface area contributed by atoms with Gasteiger partial charge in [-0.05, 0) is 42.2 Å². The van der Waals surface area contributed by atoms with Crippen molar-refractivity contribution in [2.24, 2.45) is 0 Å². The van der Waals surface area contributed by atoms with Crippen molar-refractivity contribution < 1.29 is 0 Å². The number of pyridine rings is 1. The zero-order valence-corrected chi connectivity index (χ0v) is 12.7. The first-order valence-corrected chi connectivity index (χ1v) is 7.62. The quantitative estimate of drug-likeness (QED) is 0.771. The summed E-state index contributed by atoms with van der Waals surface area (Å²) in [6.45, 7) is 0. The van der Waals surface area contributed by atoms with Gasteiger partial charge in [0.2, 0.25) is 0 Å². The molecule has 0 saturated carbocycles. The van der Waals surface area contributed by atoms with E-state index in [1.54, 1.807) is 30.1 Å². The number of aromatic nitrogens is 1. The zero-order valence-electron chi connectivity index (χ0n) is 10.3. The number of nitrogens with zero attached hydrogens (tertiary/aromatic N) is 2. The second-order valence-electron chi connectivity index (χ2n) is 3.80. The maximum Gasteiger partial charge on any atom is 0.0992 e. The van der Waals surface area contributed by atoms with Crippen LogP contribution in [0.25, 0.3) is 12.2 Å². The van der Waals surface area contributed by atoms with E-state index in [-0.39, 0.29) is 0 Å². The van der Waals surface area contributed by atoms with E-state index < -0.39 is 0 Å². The maximum atomic E-state index is 8.85. The van der Waals surface area contributed by atoms with Gasteiger partial charge in [-0.3, -0.25) is 4.98 Å². The van der Waals surface area contributed by atoms with Gasteiger partial charge in [0.1, 0.15) is 0 Å². The molecule has 0 atom stereocenters. The van der Waals surface area contributed by atoms with Crippen LogP contribution < -0.4 is 0 Å². The molecule has 1 heterocycles. The van der Waals surface area contributed by atoms with Gasteiger partial charge in [-0.1, -0.05) is 28.1 Å². The molecule has 2 nitrogen and oxygen atoms in total. The lowest BCUT2D eigenvalue weighted by Crippen LogP contribution is -1.83. The predicted octanol–water partition coefficient (Wildman–Crippen LogP) is 4.61. The van der Waals surface area contributed by atoms with Crippen molar-refractivity contribution in [3.63, 3.8) is 0 Å². The molecule has 0 bridgehead atoms. The van der Waals surface area contributed by atoms with Crippen LogP contribution in [-0.2, 0) is 0 Å². The second kappa shape index (κ2) is 6.55. The summed E-state index contributed by atoms with van der Waals surface area (Å²) in [7, 11) is 0. The molecule has 0 amide bonds. The molecule has 0 aliphatic carbocycles. The SMILES string of the molecule is CSc1cc(Br)ccc1C=Cc1cc(C#N)ccn1. The molecule has 0 aliphatic heterocycles. The van der Waals surface area contributed by atoms with Gasteiger partial charge in [0.25, 0.3) is 0 Å². The Morgan fingerprint density at radius 3 is 2.84 bits per heavy atom. The van der Waals surface area contributed by atoms with E-state index in [0.29, 0.717) is 5.56 Å². The second-order valence-corrected chi connectivity index (χ2v) is 5.56. The first-order chi connectivity index (χ1) is 9.22. The van der Waals surface area contributed by atoms with Gasteiger partial charge in [0.15, 0.2) is 0 Å². The van der Waals surface area contributed by atoms with Crippen molar-refractivity contribution in [1.82, 2.24) is 4.98 Å². The minimum Gasteiger partial charge on any atom is -0.257 e. The Morgan fingerprint density at radius 2 is 2.11 bits per heavy atom. The van der Waals surface area contributed by atoms with Gasteiger partial charge in [-0.2, -0.15) is 5.26 Å².